The first kappa shape index (κ1) is 21.1. The quantitative estimate of drug-likeness (QED) is 0.710. The summed E-state index contributed by atoms with van der Waals surface area (Å²) in [6.07, 6.45) is -3.72. The Morgan fingerprint density at radius 2 is 1.96 bits per heavy atom. The van der Waals surface area contributed by atoms with Crippen molar-refractivity contribution in [3.8, 4) is 0 Å². The van der Waals surface area contributed by atoms with Crippen molar-refractivity contribution in [1.82, 2.24) is 10.2 Å². The average molecular weight is 422 g/mol. The maximum absolute atomic E-state index is 12.7. The van der Waals surface area contributed by atoms with Crippen LogP contribution in [0.2, 0.25) is 0 Å². The van der Waals surface area contributed by atoms with Gasteiger partial charge in [-0.25, -0.2) is 13.2 Å². The number of carbonyl (C=O) groups excluding carboxylic acids is 1. The first-order valence-electron chi connectivity index (χ1n) is 7.87. The van der Waals surface area contributed by atoms with Crippen LogP contribution in [0.15, 0.2) is 24.3 Å². The van der Waals surface area contributed by atoms with Gasteiger partial charge < -0.3 is 5.32 Å². The number of rotatable bonds is 7. The van der Waals surface area contributed by atoms with Crippen molar-refractivity contribution >= 4 is 38.0 Å². The lowest BCUT2D eigenvalue weighted by molar-refractivity contribution is -0.137. The molecule has 0 unspecified atom stereocenters. The fourth-order valence-corrected chi connectivity index (χ4v) is 3.67. The molecule has 12 heteroatoms. The molecule has 148 valence electrons. The summed E-state index contributed by atoms with van der Waals surface area (Å²) < 4.78 is 60.9. The number of alkyl halides is 3. The molecule has 0 aliphatic carbocycles. The van der Waals surface area contributed by atoms with Gasteiger partial charge in [0.15, 0.2) is 0 Å². The molecule has 0 radical (unpaired) electrons. The summed E-state index contributed by atoms with van der Waals surface area (Å²) in [6.45, 7) is 1.57. The first-order valence-corrected chi connectivity index (χ1v) is 10.5. The number of aryl methyl sites for hydroxylation is 1. The SMILES string of the molecule is CCS(=O)(=O)CCCc1nnc(NC(=O)Nc2cccc(C(F)(F)F)c2)s1. The molecule has 0 spiro atoms. The molecule has 0 bridgehead atoms. The summed E-state index contributed by atoms with van der Waals surface area (Å²) in [4.78, 5) is 11.9. The molecule has 1 aromatic carbocycles. The molecule has 0 atom stereocenters. The highest BCUT2D eigenvalue weighted by atomic mass is 32.2. The Labute approximate surface area is 157 Å². The maximum Gasteiger partial charge on any atom is 0.416 e. The van der Waals surface area contributed by atoms with Crippen LogP contribution in [0.1, 0.15) is 23.9 Å². The highest BCUT2D eigenvalue weighted by molar-refractivity contribution is 7.91. The lowest BCUT2D eigenvalue weighted by Gasteiger charge is -2.09. The van der Waals surface area contributed by atoms with Gasteiger partial charge in [-0.1, -0.05) is 24.3 Å². The molecule has 7 nitrogen and oxygen atoms in total. The van der Waals surface area contributed by atoms with Crippen molar-refractivity contribution in [3.05, 3.63) is 34.8 Å². The number of anilines is 2. The third kappa shape index (κ3) is 6.79. The Bertz CT molecular complexity index is 898. The second kappa shape index (κ2) is 8.65. The molecule has 0 aliphatic heterocycles. The van der Waals surface area contributed by atoms with Gasteiger partial charge in [-0.05, 0) is 24.6 Å². The van der Waals surface area contributed by atoms with Crippen molar-refractivity contribution in [3.63, 3.8) is 0 Å². The molecule has 0 saturated heterocycles. The number of nitrogens with zero attached hydrogens (tertiary/aromatic N) is 2. The zero-order valence-corrected chi connectivity index (χ0v) is 15.8. The predicted molar refractivity (Wildman–Crippen MR) is 96.6 cm³/mol. The standard InChI is InChI=1S/C15H17F3N4O3S2/c1-2-27(24,25)8-4-7-12-21-22-14(26-12)20-13(23)19-11-6-3-5-10(9-11)15(16,17)18/h3,5-6,9H,2,4,7-8H2,1H3,(H2,19,20,22,23). The Balaban J connectivity index is 1.89. The Morgan fingerprint density at radius 1 is 1.22 bits per heavy atom. The molecule has 2 amide bonds. The monoisotopic (exact) mass is 422 g/mol. The molecule has 0 aliphatic rings. The van der Waals surface area contributed by atoms with Crippen molar-refractivity contribution in [2.45, 2.75) is 25.9 Å². The van der Waals surface area contributed by atoms with Gasteiger partial charge in [0.25, 0.3) is 0 Å². The van der Waals surface area contributed by atoms with Crippen LogP contribution >= 0.6 is 11.3 Å². The van der Waals surface area contributed by atoms with Crippen molar-refractivity contribution in [2.75, 3.05) is 22.1 Å². The van der Waals surface area contributed by atoms with Crippen LogP contribution in [0.3, 0.4) is 0 Å². The van der Waals surface area contributed by atoms with E-state index >= 15 is 0 Å². The lowest BCUT2D eigenvalue weighted by Crippen LogP contribution is -2.19. The van der Waals surface area contributed by atoms with Crippen LogP contribution in [0, 0.1) is 0 Å². The van der Waals surface area contributed by atoms with Crippen LogP contribution in [0.5, 0.6) is 0 Å². The minimum atomic E-state index is -4.51. The van der Waals surface area contributed by atoms with Crippen molar-refractivity contribution < 1.29 is 26.4 Å². The molecule has 27 heavy (non-hydrogen) atoms. The van der Waals surface area contributed by atoms with Gasteiger partial charge in [-0.15, -0.1) is 10.2 Å². The van der Waals surface area contributed by atoms with Crippen molar-refractivity contribution in [1.29, 1.82) is 0 Å². The van der Waals surface area contributed by atoms with Gasteiger partial charge >= 0.3 is 12.2 Å². The fourth-order valence-electron chi connectivity index (χ4n) is 2.03. The minimum absolute atomic E-state index is 0.0168. The zero-order valence-electron chi connectivity index (χ0n) is 14.2. The lowest BCUT2D eigenvalue weighted by atomic mass is 10.2. The van der Waals surface area contributed by atoms with E-state index in [2.05, 4.69) is 20.8 Å². The van der Waals surface area contributed by atoms with Gasteiger partial charge in [-0.3, -0.25) is 5.32 Å². The Hall–Kier alpha value is -2.21. The van der Waals surface area contributed by atoms with Crippen LogP contribution in [-0.4, -0.2) is 36.2 Å². The number of hydrogen-bond donors (Lipinski definition) is 2. The van der Waals surface area contributed by atoms with Crippen LogP contribution in [-0.2, 0) is 22.4 Å². The first-order chi connectivity index (χ1) is 12.6. The number of nitrogens with one attached hydrogen (secondary N) is 2. The highest BCUT2D eigenvalue weighted by Crippen LogP contribution is 2.30. The van der Waals surface area contributed by atoms with Crippen LogP contribution < -0.4 is 10.6 Å². The van der Waals surface area contributed by atoms with Crippen LogP contribution in [0.4, 0.5) is 28.8 Å². The minimum Gasteiger partial charge on any atom is -0.308 e. The van der Waals surface area contributed by atoms with Gasteiger partial charge in [0.2, 0.25) is 5.13 Å². The van der Waals surface area contributed by atoms with Crippen molar-refractivity contribution in [2.24, 2.45) is 0 Å². The molecule has 0 fully saturated rings. The Morgan fingerprint density at radius 3 is 2.63 bits per heavy atom. The molecule has 2 N–H and O–H groups in total. The molecule has 1 heterocycles. The van der Waals surface area contributed by atoms with Crippen LogP contribution in [0.25, 0.3) is 0 Å². The van der Waals surface area contributed by atoms with E-state index in [4.69, 9.17) is 0 Å². The zero-order chi connectivity index (χ0) is 20.1. The van der Waals surface area contributed by atoms with E-state index in [0.717, 1.165) is 23.5 Å². The number of halogens is 3. The topological polar surface area (TPSA) is 101 Å². The maximum atomic E-state index is 12.7. The number of sulfone groups is 1. The van der Waals surface area contributed by atoms with E-state index in [0.29, 0.717) is 17.8 Å². The number of amides is 2. The summed E-state index contributed by atoms with van der Waals surface area (Å²) in [6, 6.07) is 3.48. The number of urea groups is 1. The second-order valence-corrected chi connectivity index (χ2v) is 9.03. The molecule has 1 aromatic heterocycles. The summed E-state index contributed by atoms with van der Waals surface area (Å²) >= 11 is 1.07. The van der Waals surface area contributed by atoms with E-state index in [9.17, 15) is 26.4 Å². The summed E-state index contributed by atoms with van der Waals surface area (Å²) in [5, 5.41) is 13.0. The summed E-state index contributed by atoms with van der Waals surface area (Å²) in [7, 11) is -3.05. The molecular formula is C15H17F3N4O3S2. The molecule has 2 rings (SSSR count). The fraction of sp³-hybridized carbons (Fsp3) is 0.400. The third-order valence-electron chi connectivity index (χ3n) is 3.42. The van der Waals surface area contributed by atoms with E-state index in [1.807, 2.05) is 0 Å². The second-order valence-electron chi connectivity index (χ2n) is 5.50. The van der Waals surface area contributed by atoms with Gasteiger partial charge in [-0.2, -0.15) is 13.2 Å². The smallest absolute Gasteiger partial charge is 0.308 e. The Kier molecular flexibility index (Phi) is 6.76. The number of carbonyl (C=O) groups is 1. The predicted octanol–water partition coefficient (Wildman–Crippen LogP) is 3.57. The van der Waals surface area contributed by atoms with E-state index in [1.54, 1.807) is 6.92 Å². The van der Waals surface area contributed by atoms with Gasteiger partial charge in [0.1, 0.15) is 14.8 Å². The number of benzene rings is 1. The number of aromatic nitrogens is 2. The highest BCUT2D eigenvalue weighted by Gasteiger charge is 2.30. The number of hydrogen-bond acceptors (Lipinski definition) is 6. The molecule has 2 aromatic rings. The van der Waals surface area contributed by atoms with E-state index in [1.165, 1.54) is 12.1 Å². The van der Waals surface area contributed by atoms with Gasteiger partial charge in [0, 0.05) is 17.9 Å². The summed E-state index contributed by atoms with van der Waals surface area (Å²) in [5.74, 6) is 0.119. The largest absolute Gasteiger partial charge is 0.416 e. The average Bonchev–Trinajstić information content (AvgIpc) is 3.01. The summed E-state index contributed by atoms with van der Waals surface area (Å²) in [5.41, 5.74) is -0.891. The van der Waals surface area contributed by atoms with E-state index in [-0.39, 0.29) is 22.3 Å². The van der Waals surface area contributed by atoms with E-state index < -0.39 is 27.6 Å². The normalized spacial score (nSPS) is 12.0. The van der Waals surface area contributed by atoms with Gasteiger partial charge in [0.05, 0.1) is 11.3 Å². The third-order valence-corrected chi connectivity index (χ3v) is 6.11. The molecular weight excluding hydrogens is 405 g/mol. The molecule has 0 saturated carbocycles.